The van der Waals surface area contributed by atoms with E-state index < -0.39 is 0 Å². The van der Waals surface area contributed by atoms with Crippen LogP contribution in [0, 0.1) is 5.92 Å². The third-order valence-electron chi connectivity index (χ3n) is 3.19. The number of furan rings is 1. The van der Waals surface area contributed by atoms with Crippen LogP contribution >= 0.6 is 0 Å². The first-order chi connectivity index (χ1) is 9.21. The van der Waals surface area contributed by atoms with E-state index in [0.717, 1.165) is 13.0 Å². The average Bonchev–Trinajstić information content (AvgIpc) is 2.90. The van der Waals surface area contributed by atoms with Gasteiger partial charge in [0.15, 0.2) is 0 Å². The second-order valence-electron chi connectivity index (χ2n) is 4.71. The Kier molecular flexibility index (Phi) is 7.22. The Bertz CT molecular complexity index is 377. The fourth-order valence-electron chi connectivity index (χ4n) is 1.88. The zero-order valence-electron chi connectivity index (χ0n) is 11.8. The number of amides is 1. The molecule has 1 rings (SSSR count). The first-order valence-electron chi connectivity index (χ1n) is 6.87. The van der Waals surface area contributed by atoms with E-state index in [4.69, 9.17) is 15.0 Å². The van der Waals surface area contributed by atoms with Gasteiger partial charge in [-0.3, -0.25) is 10.2 Å². The zero-order valence-corrected chi connectivity index (χ0v) is 11.8. The van der Waals surface area contributed by atoms with Gasteiger partial charge in [-0.05, 0) is 18.4 Å². The molecule has 1 heterocycles. The van der Waals surface area contributed by atoms with E-state index >= 15 is 0 Å². The number of nitrogen functional groups attached to an aromatic ring is 1. The van der Waals surface area contributed by atoms with Crippen molar-refractivity contribution in [3.63, 3.8) is 0 Å². The topological polar surface area (TPSA) is 77.5 Å². The van der Waals surface area contributed by atoms with Crippen LogP contribution in [0.2, 0.25) is 0 Å². The standard InChI is InChI=1S/C14H24N2O3/c1-3-5-6-11(4-2)8-18-10-13-7-12(9-19-13)14(17)16-15/h7,9,11H,3-6,8,10,15H2,1-2H3,(H,16,17). The first-order valence-corrected chi connectivity index (χ1v) is 6.87. The highest BCUT2D eigenvalue weighted by atomic mass is 16.5. The lowest BCUT2D eigenvalue weighted by atomic mass is 10.0. The summed E-state index contributed by atoms with van der Waals surface area (Å²) in [5.74, 6) is 5.93. The molecule has 0 saturated heterocycles. The third-order valence-corrected chi connectivity index (χ3v) is 3.19. The highest BCUT2D eigenvalue weighted by Crippen LogP contribution is 2.15. The van der Waals surface area contributed by atoms with Crippen LogP contribution in [-0.4, -0.2) is 12.5 Å². The lowest BCUT2D eigenvalue weighted by Gasteiger charge is -2.13. The number of hydrazine groups is 1. The molecule has 1 amide bonds. The number of ether oxygens (including phenoxy) is 1. The second kappa shape index (κ2) is 8.72. The van der Waals surface area contributed by atoms with Gasteiger partial charge in [-0.2, -0.15) is 0 Å². The molecule has 0 saturated carbocycles. The molecule has 5 heteroatoms. The summed E-state index contributed by atoms with van der Waals surface area (Å²) in [7, 11) is 0. The number of nitrogens with one attached hydrogen (secondary N) is 1. The molecule has 0 bridgehead atoms. The number of carbonyl (C=O) groups excluding carboxylic acids is 1. The Morgan fingerprint density at radius 2 is 2.32 bits per heavy atom. The van der Waals surface area contributed by atoms with Crippen molar-refractivity contribution in [2.45, 2.75) is 46.1 Å². The Morgan fingerprint density at radius 1 is 1.53 bits per heavy atom. The molecule has 0 aliphatic carbocycles. The third kappa shape index (κ3) is 5.44. The van der Waals surface area contributed by atoms with Crippen LogP contribution in [0.4, 0.5) is 0 Å². The van der Waals surface area contributed by atoms with Gasteiger partial charge in [0.05, 0.1) is 5.56 Å². The van der Waals surface area contributed by atoms with Crippen LogP contribution < -0.4 is 11.3 Å². The summed E-state index contributed by atoms with van der Waals surface area (Å²) in [6, 6.07) is 1.65. The molecule has 19 heavy (non-hydrogen) atoms. The Balaban J connectivity index is 2.32. The molecule has 108 valence electrons. The second-order valence-corrected chi connectivity index (χ2v) is 4.71. The van der Waals surface area contributed by atoms with E-state index in [2.05, 4.69) is 19.3 Å². The average molecular weight is 268 g/mol. The number of carbonyl (C=O) groups is 1. The SMILES string of the molecule is CCCCC(CC)COCc1cc(C(=O)NN)co1. The minimum absolute atomic E-state index is 0.357. The molecule has 3 N–H and O–H groups in total. The molecule has 0 fully saturated rings. The summed E-state index contributed by atoms with van der Waals surface area (Å²) in [4.78, 5) is 11.2. The summed E-state index contributed by atoms with van der Waals surface area (Å²) < 4.78 is 10.9. The van der Waals surface area contributed by atoms with Crippen LogP contribution in [0.5, 0.6) is 0 Å². The maximum atomic E-state index is 11.2. The van der Waals surface area contributed by atoms with Gasteiger partial charge in [0.2, 0.25) is 0 Å². The van der Waals surface area contributed by atoms with E-state index in [1.165, 1.54) is 25.5 Å². The normalized spacial score (nSPS) is 12.4. The van der Waals surface area contributed by atoms with Crippen LogP contribution in [0.1, 0.15) is 55.6 Å². The van der Waals surface area contributed by atoms with Crippen molar-refractivity contribution in [3.8, 4) is 0 Å². The highest BCUT2D eigenvalue weighted by Gasteiger charge is 2.10. The Morgan fingerprint density at radius 3 is 2.95 bits per heavy atom. The van der Waals surface area contributed by atoms with Gasteiger partial charge in [0, 0.05) is 6.61 Å². The molecule has 0 aliphatic rings. The van der Waals surface area contributed by atoms with Gasteiger partial charge in [0.1, 0.15) is 18.6 Å². The Labute approximate surface area is 114 Å². The number of unbranched alkanes of at least 4 members (excludes halogenated alkanes) is 1. The van der Waals surface area contributed by atoms with Gasteiger partial charge in [0.25, 0.3) is 5.91 Å². The molecule has 1 unspecified atom stereocenters. The number of hydrogen-bond donors (Lipinski definition) is 2. The van der Waals surface area contributed by atoms with Gasteiger partial charge in [-0.15, -0.1) is 0 Å². The van der Waals surface area contributed by atoms with Crippen LogP contribution in [0.15, 0.2) is 16.7 Å². The largest absolute Gasteiger partial charge is 0.466 e. The summed E-state index contributed by atoms with van der Waals surface area (Å²) in [5, 5.41) is 0. The molecule has 5 nitrogen and oxygen atoms in total. The molecule has 0 spiro atoms. The van der Waals surface area contributed by atoms with Crippen LogP contribution in [0.25, 0.3) is 0 Å². The predicted molar refractivity (Wildman–Crippen MR) is 73.3 cm³/mol. The van der Waals surface area contributed by atoms with E-state index in [0.29, 0.717) is 23.8 Å². The Hall–Kier alpha value is -1.33. The van der Waals surface area contributed by atoms with Crippen molar-refractivity contribution in [1.82, 2.24) is 5.43 Å². The molecule has 1 aromatic heterocycles. The lowest BCUT2D eigenvalue weighted by molar-refractivity contribution is 0.0709. The van der Waals surface area contributed by atoms with Crippen molar-refractivity contribution >= 4 is 5.91 Å². The van der Waals surface area contributed by atoms with Gasteiger partial charge in [-0.25, -0.2) is 5.84 Å². The van der Waals surface area contributed by atoms with Gasteiger partial charge >= 0.3 is 0 Å². The monoisotopic (exact) mass is 268 g/mol. The lowest BCUT2D eigenvalue weighted by Crippen LogP contribution is -2.29. The molecular weight excluding hydrogens is 244 g/mol. The maximum Gasteiger partial charge on any atom is 0.268 e. The van der Waals surface area contributed by atoms with E-state index in [-0.39, 0.29) is 5.91 Å². The number of nitrogens with two attached hydrogens (primary N) is 1. The maximum absolute atomic E-state index is 11.2. The minimum atomic E-state index is -0.357. The van der Waals surface area contributed by atoms with Gasteiger partial charge < -0.3 is 9.15 Å². The molecule has 0 aliphatic heterocycles. The predicted octanol–water partition coefficient (Wildman–Crippen LogP) is 2.62. The van der Waals surface area contributed by atoms with E-state index in [1.807, 2.05) is 0 Å². The first kappa shape index (κ1) is 15.7. The van der Waals surface area contributed by atoms with Crippen LogP contribution in [0.3, 0.4) is 0 Å². The summed E-state index contributed by atoms with van der Waals surface area (Å²) in [6.45, 7) is 5.50. The highest BCUT2D eigenvalue weighted by molar-refractivity contribution is 5.93. The van der Waals surface area contributed by atoms with Crippen molar-refractivity contribution < 1.29 is 13.9 Å². The quantitative estimate of drug-likeness (QED) is 0.410. The number of hydrogen-bond acceptors (Lipinski definition) is 4. The molecule has 1 aromatic rings. The minimum Gasteiger partial charge on any atom is -0.466 e. The fraction of sp³-hybridized carbons (Fsp3) is 0.643. The van der Waals surface area contributed by atoms with E-state index in [1.54, 1.807) is 6.07 Å². The fourth-order valence-corrected chi connectivity index (χ4v) is 1.88. The molecule has 0 radical (unpaired) electrons. The summed E-state index contributed by atoms with van der Waals surface area (Å²) in [5.41, 5.74) is 2.48. The van der Waals surface area contributed by atoms with Crippen LogP contribution in [-0.2, 0) is 11.3 Å². The van der Waals surface area contributed by atoms with Crippen molar-refractivity contribution in [2.75, 3.05) is 6.61 Å². The smallest absolute Gasteiger partial charge is 0.268 e. The number of rotatable bonds is 9. The molecular formula is C14H24N2O3. The summed E-state index contributed by atoms with van der Waals surface area (Å²) in [6.07, 6.45) is 6.16. The van der Waals surface area contributed by atoms with Crippen molar-refractivity contribution in [3.05, 3.63) is 23.7 Å². The van der Waals surface area contributed by atoms with E-state index in [9.17, 15) is 4.79 Å². The zero-order chi connectivity index (χ0) is 14.1. The van der Waals surface area contributed by atoms with Crippen molar-refractivity contribution in [2.24, 2.45) is 11.8 Å². The van der Waals surface area contributed by atoms with Gasteiger partial charge in [-0.1, -0.05) is 33.1 Å². The summed E-state index contributed by atoms with van der Waals surface area (Å²) >= 11 is 0. The molecule has 0 aromatic carbocycles. The van der Waals surface area contributed by atoms with Crippen molar-refractivity contribution in [1.29, 1.82) is 0 Å². The molecule has 1 atom stereocenters.